The molecule has 1 fully saturated rings. The summed E-state index contributed by atoms with van der Waals surface area (Å²) in [5.74, 6) is 1.37. The van der Waals surface area contributed by atoms with E-state index in [4.69, 9.17) is 11.6 Å². The minimum Gasteiger partial charge on any atom is -0.316 e. The Labute approximate surface area is 96.8 Å². The molecule has 0 bridgehead atoms. The third-order valence-corrected chi connectivity index (χ3v) is 3.65. The predicted octanol–water partition coefficient (Wildman–Crippen LogP) is 3.44. The fraction of sp³-hybridized carbons (Fsp3) is 0.538. The number of hydrogen-bond donors (Lipinski definition) is 1. The second-order valence-corrected chi connectivity index (χ2v) is 4.74. The van der Waals surface area contributed by atoms with Crippen molar-refractivity contribution in [3.05, 3.63) is 34.9 Å². The average Bonchev–Trinajstić information content (AvgIpc) is 2.67. The highest BCUT2D eigenvalue weighted by Gasteiger charge is 2.28. The Morgan fingerprint density at radius 1 is 1.33 bits per heavy atom. The van der Waals surface area contributed by atoms with Crippen LogP contribution >= 0.6 is 11.6 Å². The lowest BCUT2D eigenvalue weighted by Gasteiger charge is -2.19. The number of rotatable bonds is 3. The van der Waals surface area contributed by atoms with E-state index in [1.807, 2.05) is 12.1 Å². The average molecular weight is 224 g/mol. The molecule has 0 spiro atoms. The molecule has 0 saturated carbocycles. The van der Waals surface area contributed by atoms with E-state index in [0.717, 1.165) is 24.0 Å². The van der Waals surface area contributed by atoms with Crippen molar-refractivity contribution in [1.82, 2.24) is 5.32 Å². The molecular weight excluding hydrogens is 206 g/mol. The van der Waals surface area contributed by atoms with Crippen molar-refractivity contribution in [1.29, 1.82) is 0 Å². The van der Waals surface area contributed by atoms with Crippen molar-refractivity contribution >= 4 is 11.6 Å². The van der Waals surface area contributed by atoms with E-state index in [1.54, 1.807) is 0 Å². The number of nitrogens with one attached hydrogen (secondary N) is 1. The standard InChI is InChI=1S/C13H18ClN/c1-2-5-10-8-15-9-12(10)11-6-3-4-7-13(11)14/h3-4,6-7,10,12,15H,2,5,8-9H2,1H3/t10-,12-/m1/s1. The summed E-state index contributed by atoms with van der Waals surface area (Å²) < 4.78 is 0. The summed E-state index contributed by atoms with van der Waals surface area (Å²) in [6.45, 7) is 4.47. The van der Waals surface area contributed by atoms with Gasteiger partial charge in [-0.2, -0.15) is 0 Å². The van der Waals surface area contributed by atoms with Crippen molar-refractivity contribution in [3.8, 4) is 0 Å². The molecule has 0 unspecified atom stereocenters. The van der Waals surface area contributed by atoms with Crippen LogP contribution in [0.5, 0.6) is 0 Å². The van der Waals surface area contributed by atoms with E-state index in [2.05, 4.69) is 24.4 Å². The van der Waals surface area contributed by atoms with Crippen LogP contribution < -0.4 is 5.32 Å². The topological polar surface area (TPSA) is 12.0 Å². The van der Waals surface area contributed by atoms with Crippen LogP contribution in [0, 0.1) is 5.92 Å². The van der Waals surface area contributed by atoms with Gasteiger partial charge in [0.2, 0.25) is 0 Å². The fourth-order valence-corrected chi connectivity index (χ4v) is 2.82. The van der Waals surface area contributed by atoms with Gasteiger partial charge in [0.05, 0.1) is 0 Å². The fourth-order valence-electron chi connectivity index (χ4n) is 2.55. The van der Waals surface area contributed by atoms with E-state index < -0.39 is 0 Å². The largest absolute Gasteiger partial charge is 0.316 e. The number of benzene rings is 1. The summed E-state index contributed by atoms with van der Waals surface area (Å²) >= 11 is 6.24. The molecule has 2 atom stereocenters. The SMILES string of the molecule is CCC[C@@H]1CNC[C@H]1c1ccccc1Cl. The molecule has 0 radical (unpaired) electrons. The lowest BCUT2D eigenvalue weighted by Crippen LogP contribution is -2.10. The Bertz CT molecular complexity index is 324. The van der Waals surface area contributed by atoms with Gasteiger partial charge in [0.25, 0.3) is 0 Å². The first kappa shape index (κ1) is 11.0. The smallest absolute Gasteiger partial charge is 0.0441 e. The summed E-state index contributed by atoms with van der Waals surface area (Å²) in [5.41, 5.74) is 1.32. The van der Waals surface area contributed by atoms with Gasteiger partial charge >= 0.3 is 0 Å². The Hall–Kier alpha value is -0.530. The molecule has 1 aliphatic heterocycles. The summed E-state index contributed by atoms with van der Waals surface area (Å²) in [5, 5.41) is 4.40. The Kier molecular flexibility index (Phi) is 3.66. The highest BCUT2D eigenvalue weighted by molar-refractivity contribution is 6.31. The third kappa shape index (κ3) is 2.35. The minimum absolute atomic E-state index is 0.610. The molecule has 1 saturated heterocycles. The zero-order valence-corrected chi connectivity index (χ0v) is 9.93. The first-order valence-corrected chi connectivity index (χ1v) is 6.16. The Balaban J connectivity index is 2.19. The van der Waals surface area contributed by atoms with Crippen LogP contribution in [0.3, 0.4) is 0 Å². The van der Waals surface area contributed by atoms with Crippen LogP contribution in [-0.4, -0.2) is 13.1 Å². The molecule has 0 amide bonds. The summed E-state index contributed by atoms with van der Waals surface area (Å²) in [4.78, 5) is 0. The second kappa shape index (κ2) is 5.00. The van der Waals surface area contributed by atoms with Gasteiger partial charge in [0.1, 0.15) is 0 Å². The van der Waals surface area contributed by atoms with E-state index >= 15 is 0 Å². The van der Waals surface area contributed by atoms with Crippen molar-refractivity contribution < 1.29 is 0 Å². The normalized spacial score (nSPS) is 25.7. The molecule has 1 heterocycles. The van der Waals surface area contributed by atoms with Gasteiger partial charge < -0.3 is 5.32 Å². The van der Waals surface area contributed by atoms with E-state index in [9.17, 15) is 0 Å². The molecule has 2 rings (SSSR count). The first-order valence-electron chi connectivity index (χ1n) is 5.78. The van der Waals surface area contributed by atoms with Crippen molar-refractivity contribution in [2.75, 3.05) is 13.1 Å². The molecule has 15 heavy (non-hydrogen) atoms. The Morgan fingerprint density at radius 2 is 2.13 bits per heavy atom. The quantitative estimate of drug-likeness (QED) is 0.828. The summed E-state index contributed by atoms with van der Waals surface area (Å²) in [6.07, 6.45) is 2.55. The molecule has 0 aromatic heterocycles. The zero-order valence-electron chi connectivity index (χ0n) is 9.17. The maximum Gasteiger partial charge on any atom is 0.0441 e. The Morgan fingerprint density at radius 3 is 2.87 bits per heavy atom. The van der Waals surface area contributed by atoms with Crippen LogP contribution in [0.1, 0.15) is 31.2 Å². The van der Waals surface area contributed by atoms with Gasteiger partial charge in [-0.15, -0.1) is 0 Å². The van der Waals surface area contributed by atoms with Crippen LogP contribution in [-0.2, 0) is 0 Å². The van der Waals surface area contributed by atoms with Gasteiger partial charge in [-0.05, 0) is 30.5 Å². The molecule has 82 valence electrons. The van der Waals surface area contributed by atoms with E-state index in [1.165, 1.54) is 18.4 Å². The number of halogens is 1. The summed E-state index contributed by atoms with van der Waals surface area (Å²) in [7, 11) is 0. The lowest BCUT2D eigenvalue weighted by molar-refractivity contribution is 0.474. The minimum atomic E-state index is 0.610. The highest BCUT2D eigenvalue weighted by Crippen LogP contribution is 2.34. The summed E-state index contributed by atoms with van der Waals surface area (Å²) in [6, 6.07) is 8.26. The molecule has 0 aliphatic carbocycles. The van der Waals surface area contributed by atoms with Gasteiger partial charge in [-0.1, -0.05) is 43.1 Å². The van der Waals surface area contributed by atoms with Crippen LogP contribution in [0.4, 0.5) is 0 Å². The lowest BCUT2D eigenvalue weighted by atomic mass is 9.86. The van der Waals surface area contributed by atoms with E-state index in [0.29, 0.717) is 5.92 Å². The van der Waals surface area contributed by atoms with Crippen molar-refractivity contribution in [2.24, 2.45) is 5.92 Å². The van der Waals surface area contributed by atoms with Crippen LogP contribution in [0.25, 0.3) is 0 Å². The molecule has 1 aromatic rings. The van der Waals surface area contributed by atoms with Crippen LogP contribution in [0.2, 0.25) is 5.02 Å². The monoisotopic (exact) mass is 223 g/mol. The molecule has 1 aromatic carbocycles. The second-order valence-electron chi connectivity index (χ2n) is 4.34. The number of hydrogen-bond acceptors (Lipinski definition) is 1. The maximum absolute atomic E-state index is 6.24. The zero-order chi connectivity index (χ0) is 10.7. The van der Waals surface area contributed by atoms with Crippen molar-refractivity contribution in [3.63, 3.8) is 0 Å². The molecular formula is C13H18ClN. The molecule has 2 heteroatoms. The molecule has 1 aliphatic rings. The third-order valence-electron chi connectivity index (χ3n) is 3.30. The van der Waals surface area contributed by atoms with Gasteiger partial charge in [-0.3, -0.25) is 0 Å². The highest BCUT2D eigenvalue weighted by atomic mass is 35.5. The van der Waals surface area contributed by atoms with Gasteiger partial charge in [-0.25, -0.2) is 0 Å². The van der Waals surface area contributed by atoms with Crippen LogP contribution in [0.15, 0.2) is 24.3 Å². The first-order chi connectivity index (χ1) is 7.33. The van der Waals surface area contributed by atoms with Gasteiger partial charge in [0.15, 0.2) is 0 Å². The predicted molar refractivity (Wildman–Crippen MR) is 65.5 cm³/mol. The van der Waals surface area contributed by atoms with Crippen molar-refractivity contribution in [2.45, 2.75) is 25.7 Å². The van der Waals surface area contributed by atoms with E-state index in [-0.39, 0.29) is 0 Å². The maximum atomic E-state index is 6.24. The molecule has 1 N–H and O–H groups in total. The van der Waals surface area contributed by atoms with Gasteiger partial charge in [0, 0.05) is 17.5 Å². The molecule has 1 nitrogen and oxygen atoms in total.